The van der Waals surface area contributed by atoms with Crippen molar-refractivity contribution in [3.05, 3.63) is 18.2 Å². The summed E-state index contributed by atoms with van der Waals surface area (Å²) in [6.45, 7) is 5.41. The van der Waals surface area contributed by atoms with Crippen molar-refractivity contribution < 1.29 is 22.7 Å². The number of carbonyl (C=O) groups excluding carboxylic acids is 1. The van der Waals surface area contributed by atoms with E-state index in [1.54, 1.807) is 6.07 Å². The summed E-state index contributed by atoms with van der Waals surface area (Å²) in [6.07, 6.45) is 0.797. The molecule has 1 heterocycles. The van der Waals surface area contributed by atoms with Crippen molar-refractivity contribution in [1.82, 2.24) is 4.31 Å². The second-order valence-electron chi connectivity index (χ2n) is 6.17. The van der Waals surface area contributed by atoms with Crippen molar-refractivity contribution in [3.8, 4) is 5.75 Å². The molecule has 0 aliphatic carbocycles. The summed E-state index contributed by atoms with van der Waals surface area (Å²) in [7, 11) is -3.65. The standard InChI is InChI=1S/C17H27N3O5S/c1-3-25-16-6-5-14(26(22,23)20-8-10-24-11-9-20)12-15(16)19-17(21)7-4-13(2)18/h5-6,12-13H,3-4,7-11,18H2,1-2H3,(H,19,21). The molecule has 1 aromatic rings. The van der Waals surface area contributed by atoms with Crippen molar-refractivity contribution in [1.29, 1.82) is 0 Å². The lowest BCUT2D eigenvalue weighted by Crippen LogP contribution is -2.40. The average Bonchev–Trinajstić information content (AvgIpc) is 2.62. The maximum absolute atomic E-state index is 12.8. The zero-order valence-corrected chi connectivity index (χ0v) is 16.0. The second-order valence-corrected chi connectivity index (χ2v) is 8.11. The van der Waals surface area contributed by atoms with Gasteiger partial charge in [-0.05, 0) is 38.5 Å². The Morgan fingerprint density at radius 1 is 1.38 bits per heavy atom. The first kappa shape index (κ1) is 20.6. The molecule has 0 saturated carbocycles. The molecule has 1 unspecified atom stereocenters. The number of nitrogens with zero attached hydrogens (tertiary/aromatic N) is 1. The predicted molar refractivity (Wildman–Crippen MR) is 98.7 cm³/mol. The zero-order chi connectivity index (χ0) is 19.2. The Labute approximate surface area is 154 Å². The molecule has 8 nitrogen and oxygen atoms in total. The number of benzene rings is 1. The molecule has 1 aliphatic rings. The van der Waals surface area contributed by atoms with E-state index >= 15 is 0 Å². The van der Waals surface area contributed by atoms with E-state index in [0.29, 0.717) is 50.8 Å². The molecule has 1 aliphatic heterocycles. The van der Waals surface area contributed by atoms with Gasteiger partial charge in [-0.3, -0.25) is 4.79 Å². The van der Waals surface area contributed by atoms with Crippen molar-refractivity contribution in [2.24, 2.45) is 5.73 Å². The molecule has 0 spiro atoms. The zero-order valence-electron chi connectivity index (χ0n) is 15.2. The van der Waals surface area contributed by atoms with Gasteiger partial charge in [-0.2, -0.15) is 4.31 Å². The molecule has 3 N–H and O–H groups in total. The normalized spacial score (nSPS) is 16.9. The van der Waals surface area contributed by atoms with E-state index in [0.717, 1.165) is 0 Å². The van der Waals surface area contributed by atoms with E-state index in [-0.39, 0.29) is 23.3 Å². The van der Waals surface area contributed by atoms with Crippen LogP contribution in [0.1, 0.15) is 26.7 Å². The first-order valence-corrected chi connectivity index (χ1v) is 10.2. The molecule has 0 aromatic heterocycles. The highest BCUT2D eigenvalue weighted by Crippen LogP contribution is 2.29. The molecular weight excluding hydrogens is 358 g/mol. The van der Waals surface area contributed by atoms with Gasteiger partial charge in [0.15, 0.2) is 0 Å². The predicted octanol–water partition coefficient (Wildman–Crippen LogP) is 1.17. The Morgan fingerprint density at radius 3 is 2.69 bits per heavy atom. The van der Waals surface area contributed by atoms with Crippen LogP contribution in [0.4, 0.5) is 5.69 Å². The first-order chi connectivity index (χ1) is 12.3. The minimum Gasteiger partial charge on any atom is -0.492 e. The van der Waals surface area contributed by atoms with Crippen LogP contribution in [-0.2, 0) is 19.6 Å². The van der Waals surface area contributed by atoms with Crippen LogP contribution in [0.15, 0.2) is 23.1 Å². The van der Waals surface area contributed by atoms with Gasteiger partial charge in [0, 0.05) is 25.6 Å². The molecule has 1 atom stereocenters. The van der Waals surface area contributed by atoms with E-state index in [1.165, 1.54) is 16.4 Å². The van der Waals surface area contributed by atoms with Crippen molar-refractivity contribution in [2.75, 3.05) is 38.2 Å². The van der Waals surface area contributed by atoms with Gasteiger partial charge in [0.05, 0.1) is 30.4 Å². The van der Waals surface area contributed by atoms with Gasteiger partial charge in [0.2, 0.25) is 15.9 Å². The number of morpholine rings is 1. The molecule has 1 aromatic carbocycles. The number of sulfonamides is 1. The molecule has 2 rings (SSSR count). The van der Waals surface area contributed by atoms with E-state index < -0.39 is 10.0 Å². The van der Waals surface area contributed by atoms with Crippen LogP contribution in [0.3, 0.4) is 0 Å². The summed E-state index contributed by atoms with van der Waals surface area (Å²) in [5, 5.41) is 2.74. The topological polar surface area (TPSA) is 111 Å². The third kappa shape index (κ3) is 5.41. The second kappa shape index (κ2) is 9.31. The number of ether oxygens (including phenoxy) is 2. The molecule has 1 amide bonds. The van der Waals surface area contributed by atoms with Crippen LogP contribution in [0.5, 0.6) is 5.75 Å². The minimum atomic E-state index is -3.65. The molecule has 0 radical (unpaired) electrons. The maximum atomic E-state index is 12.8. The van der Waals surface area contributed by atoms with Crippen LogP contribution >= 0.6 is 0 Å². The number of nitrogens with two attached hydrogens (primary N) is 1. The highest BCUT2D eigenvalue weighted by molar-refractivity contribution is 7.89. The lowest BCUT2D eigenvalue weighted by atomic mass is 10.2. The Morgan fingerprint density at radius 2 is 2.08 bits per heavy atom. The quantitative estimate of drug-likeness (QED) is 0.695. The Kier molecular flexibility index (Phi) is 7.39. The number of rotatable bonds is 8. The molecule has 1 fully saturated rings. The van der Waals surface area contributed by atoms with Gasteiger partial charge >= 0.3 is 0 Å². The number of carbonyl (C=O) groups is 1. The van der Waals surface area contributed by atoms with Gasteiger partial charge in [-0.1, -0.05) is 0 Å². The molecule has 0 bridgehead atoms. The van der Waals surface area contributed by atoms with E-state index in [2.05, 4.69) is 5.32 Å². The Balaban J connectivity index is 2.24. The SMILES string of the molecule is CCOc1ccc(S(=O)(=O)N2CCOCC2)cc1NC(=O)CCC(C)N. The largest absolute Gasteiger partial charge is 0.492 e. The lowest BCUT2D eigenvalue weighted by Gasteiger charge is -2.26. The number of amides is 1. The summed E-state index contributed by atoms with van der Waals surface area (Å²) in [6, 6.07) is 4.42. The van der Waals surface area contributed by atoms with Gasteiger partial charge in [0.1, 0.15) is 5.75 Å². The Bertz CT molecular complexity index is 715. The average molecular weight is 385 g/mol. The lowest BCUT2D eigenvalue weighted by molar-refractivity contribution is -0.116. The number of nitrogens with one attached hydrogen (secondary N) is 1. The Hall–Kier alpha value is -1.68. The highest BCUT2D eigenvalue weighted by atomic mass is 32.2. The van der Waals surface area contributed by atoms with E-state index in [4.69, 9.17) is 15.2 Å². The van der Waals surface area contributed by atoms with E-state index in [1.807, 2.05) is 13.8 Å². The maximum Gasteiger partial charge on any atom is 0.243 e. The van der Waals surface area contributed by atoms with Gasteiger partial charge in [0.25, 0.3) is 0 Å². The summed E-state index contributed by atoms with van der Waals surface area (Å²) in [5.41, 5.74) is 6.02. The van der Waals surface area contributed by atoms with Crippen LogP contribution in [0.2, 0.25) is 0 Å². The molecule has 146 valence electrons. The molecule has 1 saturated heterocycles. The summed E-state index contributed by atoms with van der Waals surface area (Å²) >= 11 is 0. The molecule has 9 heteroatoms. The fraction of sp³-hybridized carbons (Fsp3) is 0.588. The van der Waals surface area contributed by atoms with Crippen molar-refractivity contribution >= 4 is 21.6 Å². The fourth-order valence-corrected chi connectivity index (χ4v) is 3.99. The monoisotopic (exact) mass is 385 g/mol. The van der Waals surface area contributed by atoms with Crippen molar-refractivity contribution in [2.45, 2.75) is 37.6 Å². The van der Waals surface area contributed by atoms with Crippen LogP contribution in [0.25, 0.3) is 0 Å². The minimum absolute atomic E-state index is 0.0832. The molecule has 26 heavy (non-hydrogen) atoms. The van der Waals surface area contributed by atoms with Crippen molar-refractivity contribution in [3.63, 3.8) is 0 Å². The van der Waals surface area contributed by atoms with Crippen LogP contribution in [0, 0.1) is 0 Å². The number of anilines is 1. The molecular formula is C17H27N3O5S. The smallest absolute Gasteiger partial charge is 0.243 e. The highest BCUT2D eigenvalue weighted by Gasteiger charge is 2.27. The van der Waals surface area contributed by atoms with E-state index in [9.17, 15) is 13.2 Å². The first-order valence-electron chi connectivity index (χ1n) is 8.74. The van der Waals surface area contributed by atoms with Crippen LogP contribution < -0.4 is 15.8 Å². The van der Waals surface area contributed by atoms with Gasteiger partial charge < -0.3 is 20.5 Å². The third-order valence-electron chi connectivity index (χ3n) is 3.96. The number of hydrogen-bond donors (Lipinski definition) is 2. The van der Waals surface area contributed by atoms with Gasteiger partial charge in [-0.15, -0.1) is 0 Å². The fourth-order valence-electron chi connectivity index (χ4n) is 2.56. The summed E-state index contributed by atoms with van der Waals surface area (Å²) < 4.78 is 37.7. The van der Waals surface area contributed by atoms with Crippen LogP contribution in [-0.4, -0.2) is 57.6 Å². The summed E-state index contributed by atoms with van der Waals surface area (Å²) in [5.74, 6) is 0.201. The summed E-state index contributed by atoms with van der Waals surface area (Å²) in [4.78, 5) is 12.3. The number of hydrogen-bond acceptors (Lipinski definition) is 6. The van der Waals surface area contributed by atoms with Gasteiger partial charge in [-0.25, -0.2) is 8.42 Å². The third-order valence-corrected chi connectivity index (χ3v) is 5.85.